The van der Waals surface area contributed by atoms with Gasteiger partial charge in [0.05, 0.1) is 30.8 Å². The van der Waals surface area contributed by atoms with E-state index in [0.29, 0.717) is 28.8 Å². The largest absolute Gasteiger partial charge is 0.495 e. The second-order valence-corrected chi connectivity index (χ2v) is 6.82. The smallest absolute Gasteiger partial charge is 0.229 e. The van der Waals surface area contributed by atoms with Crippen molar-refractivity contribution in [1.29, 1.82) is 0 Å². The van der Waals surface area contributed by atoms with Gasteiger partial charge in [-0.15, -0.1) is 0 Å². The van der Waals surface area contributed by atoms with E-state index >= 15 is 0 Å². The first-order valence-corrected chi connectivity index (χ1v) is 8.90. The maximum atomic E-state index is 12.7. The molecule has 27 heavy (non-hydrogen) atoms. The number of aryl methyl sites for hydroxylation is 1. The molecule has 0 aliphatic carbocycles. The van der Waals surface area contributed by atoms with Gasteiger partial charge in [-0.1, -0.05) is 29.3 Å². The third kappa shape index (κ3) is 4.01. The van der Waals surface area contributed by atoms with Crippen molar-refractivity contribution in [2.24, 2.45) is 5.92 Å². The molecule has 142 valence electrons. The Morgan fingerprint density at radius 3 is 2.44 bits per heavy atom. The summed E-state index contributed by atoms with van der Waals surface area (Å²) in [6.07, 6.45) is 0.159. The molecule has 0 saturated carbocycles. The standard InChI is InChI=1S/C20H21ClN2O4/c1-12-4-6-14(7-5-12)23-11-13(8-19(23)24)20(25)22-16-9-15(21)17(26-2)10-18(16)27-3/h4-7,9-10,13H,8,11H2,1-3H3,(H,22,25). The minimum absolute atomic E-state index is 0.0706. The average molecular weight is 389 g/mol. The summed E-state index contributed by atoms with van der Waals surface area (Å²) in [6.45, 7) is 2.32. The molecular weight excluding hydrogens is 368 g/mol. The lowest BCUT2D eigenvalue weighted by Crippen LogP contribution is -2.28. The maximum absolute atomic E-state index is 12.7. The van der Waals surface area contributed by atoms with Gasteiger partial charge in [-0.3, -0.25) is 9.59 Å². The van der Waals surface area contributed by atoms with Crippen molar-refractivity contribution in [3.8, 4) is 11.5 Å². The van der Waals surface area contributed by atoms with Crippen LogP contribution < -0.4 is 19.7 Å². The number of methoxy groups -OCH3 is 2. The molecule has 3 rings (SSSR count). The molecule has 1 heterocycles. The number of amides is 2. The minimum Gasteiger partial charge on any atom is -0.495 e. The van der Waals surface area contributed by atoms with Gasteiger partial charge in [0.15, 0.2) is 0 Å². The number of rotatable bonds is 5. The summed E-state index contributed by atoms with van der Waals surface area (Å²) in [7, 11) is 3.00. The highest BCUT2D eigenvalue weighted by atomic mass is 35.5. The maximum Gasteiger partial charge on any atom is 0.229 e. The molecule has 6 nitrogen and oxygen atoms in total. The van der Waals surface area contributed by atoms with E-state index in [1.807, 2.05) is 31.2 Å². The van der Waals surface area contributed by atoms with Gasteiger partial charge in [0.25, 0.3) is 0 Å². The van der Waals surface area contributed by atoms with Crippen LogP contribution in [0.3, 0.4) is 0 Å². The van der Waals surface area contributed by atoms with Crippen LogP contribution in [-0.2, 0) is 9.59 Å². The highest BCUT2D eigenvalue weighted by Gasteiger charge is 2.35. The molecular formula is C20H21ClN2O4. The van der Waals surface area contributed by atoms with E-state index in [0.717, 1.165) is 11.3 Å². The Kier molecular flexibility index (Phi) is 5.56. The van der Waals surface area contributed by atoms with Crippen LogP contribution in [0.15, 0.2) is 36.4 Å². The first kappa shape index (κ1) is 19.0. The van der Waals surface area contributed by atoms with Crippen LogP contribution in [-0.4, -0.2) is 32.6 Å². The molecule has 1 saturated heterocycles. The quantitative estimate of drug-likeness (QED) is 0.848. The number of benzene rings is 2. The highest BCUT2D eigenvalue weighted by molar-refractivity contribution is 6.32. The van der Waals surface area contributed by atoms with Crippen LogP contribution in [0.5, 0.6) is 11.5 Å². The Morgan fingerprint density at radius 1 is 1.15 bits per heavy atom. The van der Waals surface area contributed by atoms with Gasteiger partial charge < -0.3 is 19.7 Å². The lowest BCUT2D eigenvalue weighted by molar-refractivity contribution is -0.122. The number of hydrogen-bond acceptors (Lipinski definition) is 4. The van der Waals surface area contributed by atoms with Crippen molar-refractivity contribution >= 4 is 34.8 Å². The Morgan fingerprint density at radius 2 is 1.81 bits per heavy atom. The number of nitrogens with zero attached hydrogens (tertiary/aromatic N) is 1. The van der Waals surface area contributed by atoms with Gasteiger partial charge in [-0.2, -0.15) is 0 Å². The summed E-state index contributed by atoms with van der Waals surface area (Å²) in [4.78, 5) is 26.7. The predicted molar refractivity (Wildman–Crippen MR) is 105 cm³/mol. The van der Waals surface area contributed by atoms with Crippen molar-refractivity contribution in [3.05, 3.63) is 47.0 Å². The number of carbonyl (C=O) groups excluding carboxylic acids is 2. The first-order valence-electron chi connectivity index (χ1n) is 8.52. The van der Waals surface area contributed by atoms with Crippen LogP contribution in [0.4, 0.5) is 11.4 Å². The molecule has 0 bridgehead atoms. The second kappa shape index (κ2) is 7.88. The number of carbonyl (C=O) groups is 2. The molecule has 1 N–H and O–H groups in total. The highest BCUT2D eigenvalue weighted by Crippen LogP contribution is 2.36. The van der Waals surface area contributed by atoms with Gasteiger partial charge in [-0.25, -0.2) is 0 Å². The van der Waals surface area contributed by atoms with Crippen LogP contribution in [0.1, 0.15) is 12.0 Å². The normalized spacial score (nSPS) is 16.4. The summed E-state index contributed by atoms with van der Waals surface area (Å²) in [5.41, 5.74) is 2.35. The van der Waals surface area contributed by atoms with Crippen molar-refractivity contribution < 1.29 is 19.1 Å². The fraction of sp³-hybridized carbons (Fsp3) is 0.300. The van der Waals surface area contributed by atoms with Crippen LogP contribution in [0.2, 0.25) is 5.02 Å². The van der Waals surface area contributed by atoms with E-state index < -0.39 is 5.92 Å². The molecule has 1 aliphatic rings. The van der Waals surface area contributed by atoms with Gasteiger partial charge in [0.1, 0.15) is 11.5 Å². The van der Waals surface area contributed by atoms with Gasteiger partial charge in [0.2, 0.25) is 11.8 Å². The summed E-state index contributed by atoms with van der Waals surface area (Å²) in [5, 5.41) is 3.17. The topological polar surface area (TPSA) is 67.9 Å². The second-order valence-electron chi connectivity index (χ2n) is 6.42. The third-order valence-corrected chi connectivity index (χ3v) is 4.87. The van der Waals surface area contributed by atoms with E-state index in [-0.39, 0.29) is 18.2 Å². The van der Waals surface area contributed by atoms with Crippen molar-refractivity contribution in [3.63, 3.8) is 0 Å². The molecule has 7 heteroatoms. The van der Waals surface area contributed by atoms with Crippen molar-refractivity contribution in [2.75, 3.05) is 31.0 Å². The van der Waals surface area contributed by atoms with Gasteiger partial charge in [-0.05, 0) is 25.1 Å². The molecule has 2 aromatic carbocycles. The predicted octanol–water partition coefficient (Wildman–Crippen LogP) is 3.66. The Bertz CT molecular complexity index is 867. The number of ether oxygens (including phenoxy) is 2. The summed E-state index contributed by atoms with van der Waals surface area (Å²) >= 11 is 6.15. The van der Waals surface area contributed by atoms with E-state index in [1.165, 1.54) is 14.2 Å². The number of halogens is 1. The van der Waals surface area contributed by atoms with Gasteiger partial charge >= 0.3 is 0 Å². The third-order valence-electron chi connectivity index (χ3n) is 4.57. The number of anilines is 2. The monoisotopic (exact) mass is 388 g/mol. The average Bonchev–Trinajstić information content (AvgIpc) is 3.04. The molecule has 1 aliphatic heterocycles. The molecule has 0 radical (unpaired) electrons. The van der Waals surface area contributed by atoms with Crippen molar-refractivity contribution in [2.45, 2.75) is 13.3 Å². The minimum atomic E-state index is -0.454. The molecule has 0 aromatic heterocycles. The number of hydrogen-bond donors (Lipinski definition) is 1. The molecule has 2 amide bonds. The lowest BCUT2D eigenvalue weighted by Gasteiger charge is -2.17. The Balaban J connectivity index is 1.75. The van der Waals surface area contributed by atoms with Crippen LogP contribution in [0.25, 0.3) is 0 Å². The molecule has 1 fully saturated rings. The van der Waals surface area contributed by atoms with Crippen molar-refractivity contribution in [1.82, 2.24) is 0 Å². The first-order chi connectivity index (χ1) is 12.9. The zero-order valence-corrected chi connectivity index (χ0v) is 16.2. The molecule has 1 unspecified atom stereocenters. The molecule has 2 aromatic rings. The fourth-order valence-electron chi connectivity index (χ4n) is 3.05. The van der Waals surface area contributed by atoms with Crippen LogP contribution >= 0.6 is 11.6 Å². The van der Waals surface area contributed by atoms with Crippen LogP contribution in [0, 0.1) is 12.8 Å². The lowest BCUT2D eigenvalue weighted by atomic mass is 10.1. The Labute approximate surface area is 163 Å². The van der Waals surface area contributed by atoms with E-state index in [2.05, 4.69) is 5.32 Å². The van der Waals surface area contributed by atoms with Gasteiger partial charge in [0, 0.05) is 24.7 Å². The SMILES string of the molecule is COc1cc(OC)c(NC(=O)C2CC(=O)N(c3ccc(C)cc3)C2)cc1Cl. The molecule has 0 spiro atoms. The number of nitrogens with one attached hydrogen (secondary N) is 1. The summed E-state index contributed by atoms with van der Waals surface area (Å²) in [5.74, 6) is 0.109. The molecule has 1 atom stereocenters. The van der Waals surface area contributed by atoms with E-state index in [1.54, 1.807) is 17.0 Å². The van der Waals surface area contributed by atoms with E-state index in [9.17, 15) is 9.59 Å². The zero-order valence-electron chi connectivity index (χ0n) is 15.4. The fourth-order valence-corrected chi connectivity index (χ4v) is 3.29. The Hall–Kier alpha value is -2.73. The summed E-state index contributed by atoms with van der Waals surface area (Å²) < 4.78 is 10.5. The van der Waals surface area contributed by atoms with E-state index in [4.69, 9.17) is 21.1 Å². The summed E-state index contributed by atoms with van der Waals surface area (Å²) in [6, 6.07) is 10.8. The zero-order chi connectivity index (χ0) is 19.6.